The van der Waals surface area contributed by atoms with Gasteiger partial charge in [0.25, 0.3) is 0 Å². The van der Waals surface area contributed by atoms with Crippen molar-refractivity contribution in [1.82, 2.24) is 0 Å². The Balaban J connectivity index is 1.27. The SMILES string of the molecule is Nc1ccccc1NC(=O)CCCCCC(=O)Nc1cccc(C2OC(CSCCO)CC(c3ccc(CO)cc3)O2)c1. The molecule has 1 aliphatic heterocycles. The molecule has 1 saturated heterocycles. The fourth-order valence-corrected chi connectivity index (χ4v) is 5.63. The van der Waals surface area contributed by atoms with Gasteiger partial charge in [0.05, 0.1) is 36.8 Å². The summed E-state index contributed by atoms with van der Waals surface area (Å²) >= 11 is 1.64. The first-order valence-electron chi connectivity index (χ1n) is 14.7. The van der Waals surface area contributed by atoms with Crippen LogP contribution in [0.3, 0.4) is 0 Å². The molecule has 3 atom stereocenters. The largest absolute Gasteiger partial charge is 0.397 e. The fraction of sp³-hybridized carbons (Fsp3) is 0.394. The molecule has 0 saturated carbocycles. The minimum Gasteiger partial charge on any atom is -0.397 e. The highest BCUT2D eigenvalue weighted by Gasteiger charge is 2.32. The van der Waals surface area contributed by atoms with Crippen LogP contribution in [-0.2, 0) is 25.7 Å². The van der Waals surface area contributed by atoms with Crippen LogP contribution < -0.4 is 16.4 Å². The number of amides is 2. The Morgan fingerprint density at radius 3 is 2.33 bits per heavy atom. The summed E-state index contributed by atoms with van der Waals surface area (Å²) in [6.45, 7) is 0.0998. The number of nitrogens with one attached hydrogen (secondary N) is 2. The Kier molecular flexibility index (Phi) is 12.9. The minimum atomic E-state index is -0.620. The second-order valence-electron chi connectivity index (χ2n) is 10.5. The van der Waals surface area contributed by atoms with Gasteiger partial charge in [0.15, 0.2) is 6.29 Å². The number of carbonyl (C=O) groups is 2. The monoisotopic (exact) mass is 607 g/mol. The molecule has 230 valence electrons. The van der Waals surface area contributed by atoms with Crippen LogP contribution in [0.25, 0.3) is 0 Å². The van der Waals surface area contributed by atoms with Crippen molar-refractivity contribution in [3.8, 4) is 0 Å². The number of nitrogen functional groups attached to an aromatic ring is 1. The Morgan fingerprint density at radius 2 is 1.60 bits per heavy atom. The lowest BCUT2D eigenvalue weighted by Crippen LogP contribution is -2.31. The smallest absolute Gasteiger partial charge is 0.224 e. The van der Waals surface area contributed by atoms with Crippen LogP contribution in [0.4, 0.5) is 17.1 Å². The van der Waals surface area contributed by atoms with Crippen LogP contribution in [0, 0.1) is 0 Å². The number of aliphatic hydroxyl groups is 2. The van der Waals surface area contributed by atoms with E-state index in [1.165, 1.54) is 0 Å². The molecule has 0 spiro atoms. The number of aliphatic hydroxyl groups excluding tert-OH is 2. The van der Waals surface area contributed by atoms with Crippen LogP contribution in [0.2, 0.25) is 0 Å². The zero-order valence-electron chi connectivity index (χ0n) is 24.2. The number of nitrogens with two attached hydrogens (primary N) is 1. The predicted molar refractivity (Wildman–Crippen MR) is 170 cm³/mol. The number of rotatable bonds is 15. The Hall–Kier alpha value is -3.41. The molecular formula is C33H41N3O6S. The molecule has 0 radical (unpaired) electrons. The van der Waals surface area contributed by atoms with Gasteiger partial charge in [-0.05, 0) is 48.2 Å². The van der Waals surface area contributed by atoms with Crippen molar-refractivity contribution >= 4 is 40.6 Å². The number of ether oxygens (including phenoxy) is 2. The molecule has 4 rings (SSSR count). The molecule has 10 heteroatoms. The first-order chi connectivity index (χ1) is 20.9. The summed E-state index contributed by atoms with van der Waals surface area (Å²) in [4.78, 5) is 24.8. The number of unbranched alkanes of at least 4 members (excludes halogenated alkanes) is 2. The molecule has 0 bridgehead atoms. The Morgan fingerprint density at radius 1 is 0.860 bits per heavy atom. The molecule has 6 N–H and O–H groups in total. The van der Waals surface area contributed by atoms with E-state index < -0.39 is 6.29 Å². The molecule has 9 nitrogen and oxygen atoms in total. The molecular weight excluding hydrogens is 566 g/mol. The standard InChI is InChI=1S/C33H41N3O6S/c34-28-9-4-5-10-29(28)36-32(40)12-3-1-2-11-31(39)35-26-8-6-7-25(19-26)33-41-27(22-43-18-17-37)20-30(42-33)24-15-13-23(21-38)14-16-24/h4-10,13-16,19,27,30,33,37-38H,1-3,11-12,17-18,20-22,34H2,(H,35,39)(H,36,40). The lowest BCUT2D eigenvalue weighted by molar-refractivity contribution is -0.245. The highest BCUT2D eigenvalue weighted by Crippen LogP contribution is 2.39. The first kappa shape index (κ1) is 32.5. The summed E-state index contributed by atoms with van der Waals surface area (Å²) in [7, 11) is 0. The Labute approximate surface area is 257 Å². The van der Waals surface area contributed by atoms with Crippen molar-refractivity contribution in [3.05, 3.63) is 89.5 Å². The number of hydrogen-bond acceptors (Lipinski definition) is 8. The maximum atomic E-state index is 12.7. The van der Waals surface area contributed by atoms with E-state index in [4.69, 9.17) is 15.2 Å². The first-order valence-corrected chi connectivity index (χ1v) is 15.8. The molecule has 0 aliphatic carbocycles. The lowest BCUT2D eigenvalue weighted by atomic mass is 10.0. The van der Waals surface area contributed by atoms with Gasteiger partial charge < -0.3 is 36.1 Å². The number of thioether (sulfide) groups is 1. The van der Waals surface area contributed by atoms with Gasteiger partial charge >= 0.3 is 0 Å². The van der Waals surface area contributed by atoms with Gasteiger partial charge in [-0.1, -0.05) is 55.0 Å². The quantitative estimate of drug-likeness (QED) is 0.112. The van der Waals surface area contributed by atoms with Crippen LogP contribution in [-0.4, -0.2) is 46.2 Å². The molecule has 3 aromatic carbocycles. The Bertz CT molecular complexity index is 1320. The number of para-hydroxylation sites is 2. The maximum absolute atomic E-state index is 12.7. The van der Waals surface area contributed by atoms with Gasteiger partial charge in [-0.25, -0.2) is 0 Å². The van der Waals surface area contributed by atoms with Gasteiger partial charge in [-0.2, -0.15) is 11.8 Å². The second-order valence-corrected chi connectivity index (χ2v) is 11.7. The van der Waals surface area contributed by atoms with Gasteiger partial charge in [-0.3, -0.25) is 9.59 Å². The molecule has 3 aromatic rings. The number of hydrogen-bond donors (Lipinski definition) is 5. The topological polar surface area (TPSA) is 143 Å². The number of anilines is 3. The van der Waals surface area contributed by atoms with Crippen molar-refractivity contribution in [2.45, 2.75) is 63.6 Å². The molecule has 1 aliphatic rings. The van der Waals surface area contributed by atoms with E-state index in [-0.39, 0.29) is 37.2 Å². The lowest BCUT2D eigenvalue weighted by Gasteiger charge is -2.36. The van der Waals surface area contributed by atoms with Crippen LogP contribution in [0.1, 0.15) is 67.6 Å². The van der Waals surface area contributed by atoms with Gasteiger partial charge in [0.2, 0.25) is 11.8 Å². The zero-order chi connectivity index (χ0) is 30.4. The van der Waals surface area contributed by atoms with Gasteiger partial charge in [0.1, 0.15) is 0 Å². The minimum absolute atomic E-state index is 0.0156. The summed E-state index contributed by atoms with van der Waals surface area (Å²) in [6, 6.07) is 22.4. The van der Waals surface area contributed by atoms with Crippen LogP contribution in [0.5, 0.6) is 0 Å². The average Bonchev–Trinajstić information content (AvgIpc) is 3.02. The predicted octanol–water partition coefficient (Wildman–Crippen LogP) is 5.56. The molecule has 43 heavy (non-hydrogen) atoms. The van der Waals surface area contributed by atoms with Crippen molar-refractivity contribution < 1.29 is 29.3 Å². The van der Waals surface area contributed by atoms with Gasteiger partial charge in [0, 0.05) is 42.0 Å². The zero-order valence-corrected chi connectivity index (χ0v) is 25.1. The third-order valence-electron chi connectivity index (χ3n) is 7.14. The molecule has 1 heterocycles. The van der Waals surface area contributed by atoms with E-state index in [9.17, 15) is 19.8 Å². The third-order valence-corrected chi connectivity index (χ3v) is 8.22. The van der Waals surface area contributed by atoms with Crippen molar-refractivity contribution in [2.24, 2.45) is 0 Å². The van der Waals surface area contributed by atoms with Crippen LogP contribution >= 0.6 is 11.8 Å². The van der Waals surface area contributed by atoms with Gasteiger partial charge in [-0.15, -0.1) is 0 Å². The average molecular weight is 608 g/mol. The molecule has 3 unspecified atom stereocenters. The molecule has 2 amide bonds. The van der Waals surface area contributed by atoms with E-state index in [2.05, 4.69) is 10.6 Å². The maximum Gasteiger partial charge on any atom is 0.224 e. The summed E-state index contributed by atoms with van der Waals surface area (Å²) in [6.07, 6.45) is 2.60. The van der Waals surface area contributed by atoms with E-state index in [0.717, 1.165) is 28.9 Å². The van der Waals surface area contributed by atoms with E-state index in [1.54, 1.807) is 23.9 Å². The van der Waals surface area contributed by atoms with E-state index in [0.29, 0.717) is 54.9 Å². The highest BCUT2D eigenvalue weighted by molar-refractivity contribution is 7.99. The summed E-state index contributed by atoms with van der Waals surface area (Å²) in [5, 5.41) is 24.4. The third kappa shape index (κ3) is 10.4. The van der Waals surface area contributed by atoms with Crippen molar-refractivity contribution in [1.29, 1.82) is 0 Å². The number of carbonyl (C=O) groups excluding carboxylic acids is 2. The summed E-state index contributed by atoms with van der Waals surface area (Å²) in [5.74, 6) is 1.18. The highest BCUT2D eigenvalue weighted by atomic mass is 32.2. The van der Waals surface area contributed by atoms with Crippen molar-refractivity contribution in [3.63, 3.8) is 0 Å². The molecule has 0 aromatic heterocycles. The van der Waals surface area contributed by atoms with Crippen molar-refractivity contribution in [2.75, 3.05) is 34.5 Å². The van der Waals surface area contributed by atoms with E-state index >= 15 is 0 Å². The normalized spacial score (nSPS) is 18.2. The van der Waals surface area contributed by atoms with Crippen LogP contribution in [0.15, 0.2) is 72.8 Å². The summed E-state index contributed by atoms with van der Waals surface area (Å²) < 4.78 is 12.7. The van der Waals surface area contributed by atoms with E-state index in [1.807, 2.05) is 60.7 Å². The summed E-state index contributed by atoms with van der Waals surface area (Å²) in [5.41, 5.74) is 10.3. The fourth-order valence-electron chi connectivity index (χ4n) is 4.86. The molecule has 1 fully saturated rings. The number of benzene rings is 3. The second kappa shape index (κ2) is 17.0.